The van der Waals surface area contributed by atoms with Crippen LogP contribution in [0.15, 0.2) is 23.2 Å². The molecular weight excluding hydrogens is 226 g/mol. The number of nitrogens with one attached hydrogen (secondary N) is 1. The Morgan fingerprint density at radius 2 is 2.06 bits per heavy atom. The molecule has 1 heterocycles. The Bertz CT molecular complexity index is 428. The molecule has 5 nitrogen and oxygen atoms in total. The molecule has 1 aromatic rings. The second kappa shape index (κ2) is 5.27. The number of sulfonamides is 1. The lowest BCUT2D eigenvalue weighted by molar-refractivity contribution is 0.486. The van der Waals surface area contributed by atoms with Gasteiger partial charge in [0.2, 0.25) is 10.0 Å². The van der Waals surface area contributed by atoms with Crippen LogP contribution in [0.2, 0.25) is 0 Å². The summed E-state index contributed by atoms with van der Waals surface area (Å²) in [6.07, 6.45) is 1.37. The highest BCUT2D eigenvalue weighted by atomic mass is 32.2. The molecule has 0 saturated carbocycles. The first kappa shape index (κ1) is 12.9. The summed E-state index contributed by atoms with van der Waals surface area (Å²) >= 11 is 0. The zero-order chi connectivity index (χ0) is 12.2. The van der Waals surface area contributed by atoms with Crippen LogP contribution in [0.4, 0.5) is 5.82 Å². The molecule has 6 heteroatoms. The number of rotatable bonds is 5. The minimum Gasteiger partial charge on any atom is -0.370 e. The molecule has 1 aromatic heterocycles. The average Bonchev–Trinajstić information content (AvgIpc) is 2.29. The van der Waals surface area contributed by atoms with Gasteiger partial charge in [-0.3, -0.25) is 0 Å². The van der Waals surface area contributed by atoms with E-state index in [9.17, 15) is 8.42 Å². The summed E-state index contributed by atoms with van der Waals surface area (Å²) in [5.74, 6) is 0.681. The Morgan fingerprint density at radius 1 is 1.38 bits per heavy atom. The molecular formula is C10H17N3O2S. The monoisotopic (exact) mass is 243 g/mol. The number of anilines is 1. The van der Waals surface area contributed by atoms with Gasteiger partial charge in [0.05, 0.1) is 0 Å². The van der Waals surface area contributed by atoms with E-state index >= 15 is 0 Å². The number of hydrogen-bond acceptors (Lipinski definition) is 4. The first-order valence-corrected chi connectivity index (χ1v) is 6.62. The van der Waals surface area contributed by atoms with Crippen molar-refractivity contribution in [2.24, 2.45) is 0 Å². The largest absolute Gasteiger partial charge is 0.370 e. The van der Waals surface area contributed by atoms with Gasteiger partial charge in [-0.25, -0.2) is 17.7 Å². The van der Waals surface area contributed by atoms with Crippen LogP contribution in [0.1, 0.15) is 13.8 Å². The fourth-order valence-electron chi connectivity index (χ4n) is 1.17. The molecule has 90 valence electrons. The van der Waals surface area contributed by atoms with E-state index in [-0.39, 0.29) is 4.90 Å². The molecule has 0 aromatic carbocycles. The smallest absolute Gasteiger partial charge is 0.244 e. The maximum absolute atomic E-state index is 11.9. The molecule has 0 unspecified atom stereocenters. The topological polar surface area (TPSA) is 62.3 Å². The fraction of sp³-hybridized carbons (Fsp3) is 0.500. The van der Waals surface area contributed by atoms with Gasteiger partial charge in [-0.15, -0.1) is 0 Å². The van der Waals surface area contributed by atoms with Crippen LogP contribution in [0.3, 0.4) is 0 Å². The van der Waals surface area contributed by atoms with Gasteiger partial charge < -0.3 is 5.32 Å². The van der Waals surface area contributed by atoms with E-state index in [1.54, 1.807) is 26.1 Å². The number of nitrogens with zero attached hydrogens (tertiary/aromatic N) is 2. The van der Waals surface area contributed by atoms with Crippen molar-refractivity contribution in [3.05, 3.63) is 18.3 Å². The van der Waals surface area contributed by atoms with Gasteiger partial charge in [0.25, 0.3) is 0 Å². The van der Waals surface area contributed by atoms with Gasteiger partial charge in [-0.05, 0) is 19.1 Å². The molecule has 0 aliphatic rings. The van der Waals surface area contributed by atoms with Crippen LogP contribution >= 0.6 is 0 Å². The van der Waals surface area contributed by atoms with Crippen LogP contribution in [-0.4, -0.2) is 37.8 Å². The zero-order valence-corrected chi connectivity index (χ0v) is 10.6. The van der Waals surface area contributed by atoms with E-state index < -0.39 is 10.0 Å². The number of pyridine rings is 1. The molecule has 0 atom stereocenters. The lowest BCUT2D eigenvalue weighted by Gasteiger charge is -2.14. The van der Waals surface area contributed by atoms with E-state index in [2.05, 4.69) is 10.3 Å². The van der Waals surface area contributed by atoms with Crippen molar-refractivity contribution in [3.8, 4) is 0 Å². The number of aromatic nitrogens is 1. The SMILES string of the molecule is CCNc1ccc(S(=O)(=O)N(C)CC)cn1. The lowest BCUT2D eigenvalue weighted by atomic mass is 10.4. The Balaban J connectivity index is 2.97. The van der Waals surface area contributed by atoms with E-state index in [1.165, 1.54) is 10.5 Å². The van der Waals surface area contributed by atoms with Gasteiger partial charge in [-0.1, -0.05) is 6.92 Å². The van der Waals surface area contributed by atoms with Crippen molar-refractivity contribution in [2.45, 2.75) is 18.7 Å². The van der Waals surface area contributed by atoms with Crippen LogP contribution < -0.4 is 5.32 Å². The van der Waals surface area contributed by atoms with E-state index in [0.29, 0.717) is 12.4 Å². The summed E-state index contributed by atoms with van der Waals surface area (Å²) in [6.45, 7) is 4.94. The molecule has 16 heavy (non-hydrogen) atoms. The summed E-state index contributed by atoms with van der Waals surface area (Å²) in [7, 11) is -1.83. The van der Waals surface area contributed by atoms with Gasteiger partial charge >= 0.3 is 0 Å². The van der Waals surface area contributed by atoms with Crippen molar-refractivity contribution in [1.82, 2.24) is 9.29 Å². The highest BCUT2D eigenvalue weighted by molar-refractivity contribution is 7.89. The molecule has 0 radical (unpaired) electrons. The average molecular weight is 243 g/mol. The Kier molecular flexibility index (Phi) is 4.26. The van der Waals surface area contributed by atoms with Crippen molar-refractivity contribution in [1.29, 1.82) is 0 Å². The zero-order valence-electron chi connectivity index (χ0n) is 9.77. The number of hydrogen-bond donors (Lipinski definition) is 1. The predicted octanol–water partition coefficient (Wildman–Crippen LogP) is 1.15. The third kappa shape index (κ3) is 2.70. The summed E-state index contributed by atoms with van der Waals surface area (Å²) in [5.41, 5.74) is 0. The van der Waals surface area contributed by atoms with Gasteiger partial charge in [0.15, 0.2) is 0 Å². The van der Waals surface area contributed by atoms with Crippen molar-refractivity contribution < 1.29 is 8.42 Å². The van der Waals surface area contributed by atoms with Gasteiger partial charge in [0, 0.05) is 26.3 Å². The standard InChI is InChI=1S/C10H17N3O2S/c1-4-11-10-7-6-9(8-12-10)16(14,15)13(3)5-2/h6-8H,4-5H2,1-3H3,(H,11,12). The molecule has 1 rings (SSSR count). The first-order chi connectivity index (χ1) is 7.52. The van der Waals surface area contributed by atoms with E-state index in [1.807, 2.05) is 6.92 Å². The first-order valence-electron chi connectivity index (χ1n) is 5.18. The maximum atomic E-state index is 11.9. The predicted molar refractivity (Wildman–Crippen MR) is 63.9 cm³/mol. The molecule has 0 fully saturated rings. The third-order valence-electron chi connectivity index (χ3n) is 2.25. The van der Waals surface area contributed by atoms with E-state index in [4.69, 9.17) is 0 Å². The second-order valence-electron chi connectivity index (χ2n) is 3.33. The van der Waals surface area contributed by atoms with E-state index in [0.717, 1.165) is 6.54 Å². The minimum absolute atomic E-state index is 0.221. The lowest BCUT2D eigenvalue weighted by Crippen LogP contribution is -2.26. The maximum Gasteiger partial charge on any atom is 0.244 e. The Labute approximate surface area is 96.5 Å². The highest BCUT2D eigenvalue weighted by Gasteiger charge is 2.19. The van der Waals surface area contributed by atoms with Crippen molar-refractivity contribution >= 4 is 15.8 Å². The molecule has 0 amide bonds. The third-order valence-corrected chi connectivity index (χ3v) is 4.16. The fourth-order valence-corrected chi connectivity index (χ4v) is 2.29. The summed E-state index contributed by atoms with van der Waals surface area (Å²) in [5, 5.41) is 3.01. The Hall–Kier alpha value is -1.14. The highest BCUT2D eigenvalue weighted by Crippen LogP contribution is 2.14. The summed E-state index contributed by atoms with van der Waals surface area (Å²) in [6, 6.07) is 3.23. The molecule has 0 saturated heterocycles. The van der Waals surface area contributed by atoms with Crippen LogP contribution in [0.25, 0.3) is 0 Å². The Morgan fingerprint density at radius 3 is 2.50 bits per heavy atom. The normalized spacial score (nSPS) is 11.8. The molecule has 0 aliphatic carbocycles. The quantitative estimate of drug-likeness (QED) is 0.842. The molecule has 0 bridgehead atoms. The van der Waals surface area contributed by atoms with Crippen molar-refractivity contribution in [2.75, 3.05) is 25.5 Å². The minimum atomic E-state index is -3.38. The van der Waals surface area contributed by atoms with Crippen molar-refractivity contribution in [3.63, 3.8) is 0 Å². The summed E-state index contributed by atoms with van der Waals surface area (Å²) < 4.78 is 25.1. The van der Waals surface area contributed by atoms with Gasteiger partial charge in [-0.2, -0.15) is 0 Å². The second-order valence-corrected chi connectivity index (χ2v) is 5.37. The van der Waals surface area contributed by atoms with Crippen LogP contribution in [-0.2, 0) is 10.0 Å². The van der Waals surface area contributed by atoms with Crippen LogP contribution in [0, 0.1) is 0 Å². The van der Waals surface area contributed by atoms with Gasteiger partial charge in [0.1, 0.15) is 10.7 Å². The summed E-state index contributed by atoms with van der Waals surface area (Å²) in [4.78, 5) is 4.26. The molecule has 1 N–H and O–H groups in total. The molecule has 0 aliphatic heterocycles. The molecule has 0 spiro atoms. The van der Waals surface area contributed by atoms with Crippen LogP contribution in [0.5, 0.6) is 0 Å².